The van der Waals surface area contributed by atoms with Gasteiger partial charge in [0.2, 0.25) is 5.89 Å². The van der Waals surface area contributed by atoms with E-state index in [1.807, 2.05) is 66.7 Å². The number of aromatic nitrogens is 3. The van der Waals surface area contributed by atoms with E-state index in [0.717, 1.165) is 61.3 Å². The Kier molecular flexibility index (Phi) is 5.07. The molecule has 7 aromatic rings. The van der Waals surface area contributed by atoms with E-state index in [-0.39, 0.29) is 0 Å². The molecule has 37 heavy (non-hydrogen) atoms. The Labute approximate surface area is 213 Å². The molecule has 0 aliphatic rings. The quantitative estimate of drug-likeness (QED) is 0.256. The van der Waals surface area contributed by atoms with Gasteiger partial charge < -0.3 is 4.42 Å². The fraction of sp³-hybridized carbons (Fsp3) is 0. The zero-order chi connectivity index (χ0) is 24.6. The molecule has 5 aromatic carbocycles. The first-order valence-electron chi connectivity index (χ1n) is 12.2. The summed E-state index contributed by atoms with van der Waals surface area (Å²) in [5, 5.41) is 0. The lowest BCUT2D eigenvalue weighted by molar-refractivity contribution is 0.620. The van der Waals surface area contributed by atoms with Gasteiger partial charge in [-0.2, -0.15) is 0 Å². The van der Waals surface area contributed by atoms with Crippen molar-refractivity contribution in [1.29, 1.82) is 0 Å². The topological polar surface area (TPSA) is 51.8 Å². The minimum absolute atomic E-state index is 0.587. The van der Waals surface area contributed by atoms with Gasteiger partial charge in [-0.15, -0.1) is 0 Å². The first-order valence-corrected chi connectivity index (χ1v) is 12.2. The predicted octanol–water partition coefficient (Wildman–Crippen LogP) is 8.44. The summed E-state index contributed by atoms with van der Waals surface area (Å²) in [5.74, 6) is 0.587. The molecular formula is C33H21N3O. The van der Waals surface area contributed by atoms with E-state index in [2.05, 4.69) is 60.7 Å². The van der Waals surface area contributed by atoms with Crippen LogP contribution in [-0.4, -0.2) is 15.0 Å². The molecule has 0 atom stereocenters. The fourth-order valence-corrected chi connectivity index (χ4v) is 4.67. The fourth-order valence-electron chi connectivity index (χ4n) is 4.67. The molecule has 0 saturated carbocycles. The third-order valence-electron chi connectivity index (χ3n) is 6.49. The minimum atomic E-state index is 0.587. The van der Waals surface area contributed by atoms with Crippen LogP contribution in [0.5, 0.6) is 0 Å². The smallest absolute Gasteiger partial charge is 0.227 e. The second-order valence-corrected chi connectivity index (χ2v) is 8.92. The zero-order valence-electron chi connectivity index (χ0n) is 19.9. The molecule has 0 radical (unpaired) electrons. The van der Waals surface area contributed by atoms with Gasteiger partial charge in [0.15, 0.2) is 5.58 Å². The normalized spacial score (nSPS) is 11.2. The van der Waals surface area contributed by atoms with Crippen LogP contribution in [0.4, 0.5) is 0 Å². The van der Waals surface area contributed by atoms with Crippen LogP contribution in [0.25, 0.3) is 67.2 Å². The van der Waals surface area contributed by atoms with E-state index in [1.165, 1.54) is 0 Å². The molecule has 174 valence electrons. The first-order chi connectivity index (χ1) is 18.3. The molecule has 0 fully saturated rings. The van der Waals surface area contributed by atoms with Gasteiger partial charge in [-0.1, -0.05) is 84.9 Å². The van der Waals surface area contributed by atoms with Crippen molar-refractivity contribution in [3.8, 4) is 45.1 Å². The summed E-state index contributed by atoms with van der Waals surface area (Å²) in [6.07, 6.45) is 0. The van der Waals surface area contributed by atoms with Gasteiger partial charge >= 0.3 is 0 Å². The minimum Gasteiger partial charge on any atom is -0.436 e. The van der Waals surface area contributed by atoms with Gasteiger partial charge in [0, 0.05) is 16.7 Å². The predicted molar refractivity (Wildman–Crippen MR) is 149 cm³/mol. The van der Waals surface area contributed by atoms with Gasteiger partial charge in [0.05, 0.1) is 22.4 Å². The molecule has 0 saturated heterocycles. The Morgan fingerprint density at radius 3 is 1.57 bits per heavy atom. The van der Waals surface area contributed by atoms with Gasteiger partial charge in [-0.3, -0.25) is 0 Å². The molecule has 0 unspecified atom stereocenters. The Morgan fingerprint density at radius 2 is 0.892 bits per heavy atom. The maximum Gasteiger partial charge on any atom is 0.227 e. The van der Waals surface area contributed by atoms with Gasteiger partial charge in [-0.05, 0) is 53.6 Å². The van der Waals surface area contributed by atoms with Crippen LogP contribution in [-0.2, 0) is 0 Å². The number of para-hydroxylation sites is 4. The SMILES string of the molecule is c1ccc(-c2cccc(-c3nc4ccccc4nc3-c3cccc(-c4nc5ccccc5o4)c3)c2)cc1. The lowest BCUT2D eigenvalue weighted by Gasteiger charge is -2.12. The third kappa shape index (κ3) is 3.95. The summed E-state index contributed by atoms with van der Waals surface area (Å²) < 4.78 is 6.05. The summed E-state index contributed by atoms with van der Waals surface area (Å²) in [6, 6.07) is 42.8. The number of fused-ring (bicyclic) bond motifs is 2. The van der Waals surface area contributed by atoms with Crippen molar-refractivity contribution in [3.63, 3.8) is 0 Å². The van der Waals surface area contributed by atoms with Crippen LogP contribution >= 0.6 is 0 Å². The van der Waals surface area contributed by atoms with Gasteiger partial charge in [0.25, 0.3) is 0 Å². The molecule has 7 rings (SSSR count). The van der Waals surface area contributed by atoms with Crippen molar-refractivity contribution in [3.05, 3.63) is 127 Å². The van der Waals surface area contributed by atoms with Crippen LogP contribution in [0.1, 0.15) is 0 Å². The molecule has 0 amide bonds. The Morgan fingerprint density at radius 1 is 0.378 bits per heavy atom. The monoisotopic (exact) mass is 475 g/mol. The molecule has 2 aromatic heterocycles. The number of hydrogen-bond acceptors (Lipinski definition) is 4. The van der Waals surface area contributed by atoms with Crippen molar-refractivity contribution in [2.75, 3.05) is 0 Å². The van der Waals surface area contributed by atoms with Crippen LogP contribution < -0.4 is 0 Å². The third-order valence-corrected chi connectivity index (χ3v) is 6.49. The molecule has 0 spiro atoms. The summed E-state index contributed by atoms with van der Waals surface area (Å²) >= 11 is 0. The average Bonchev–Trinajstić information content (AvgIpc) is 3.42. The summed E-state index contributed by atoms with van der Waals surface area (Å²) in [5.41, 5.74) is 10.2. The highest BCUT2D eigenvalue weighted by Gasteiger charge is 2.16. The maximum absolute atomic E-state index is 6.05. The van der Waals surface area contributed by atoms with E-state index >= 15 is 0 Å². The van der Waals surface area contributed by atoms with Crippen molar-refractivity contribution in [2.45, 2.75) is 0 Å². The van der Waals surface area contributed by atoms with E-state index in [0.29, 0.717) is 5.89 Å². The Bertz CT molecular complexity index is 1860. The van der Waals surface area contributed by atoms with E-state index in [1.54, 1.807) is 0 Å². The highest BCUT2D eigenvalue weighted by Crippen LogP contribution is 2.35. The second kappa shape index (κ2) is 8.85. The molecule has 0 bridgehead atoms. The van der Waals surface area contributed by atoms with E-state index in [4.69, 9.17) is 19.4 Å². The van der Waals surface area contributed by atoms with Crippen molar-refractivity contribution >= 4 is 22.1 Å². The highest BCUT2D eigenvalue weighted by atomic mass is 16.3. The molecule has 4 nitrogen and oxygen atoms in total. The maximum atomic E-state index is 6.05. The number of oxazole rings is 1. The molecule has 0 aliphatic heterocycles. The first kappa shape index (κ1) is 21.2. The number of nitrogens with zero attached hydrogens (tertiary/aromatic N) is 3. The van der Waals surface area contributed by atoms with Crippen molar-refractivity contribution < 1.29 is 4.42 Å². The lowest BCUT2D eigenvalue weighted by Crippen LogP contribution is -1.96. The molecule has 4 heteroatoms. The zero-order valence-corrected chi connectivity index (χ0v) is 19.9. The van der Waals surface area contributed by atoms with Gasteiger partial charge in [-0.25, -0.2) is 15.0 Å². The Hall–Kier alpha value is -5.09. The summed E-state index contributed by atoms with van der Waals surface area (Å²) in [6.45, 7) is 0. The van der Waals surface area contributed by atoms with Crippen molar-refractivity contribution in [1.82, 2.24) is 15.0 Å². The molecular weight excluding hydrogens is 454 g/mol. The highest BCUT2D eigenvalue weighted by molar-refractivity contribution is 5.88. The molecule has 0 N–H and O–H groups in total. The van der Waals surface area contributed by atoms with Gasteiger partial charge in [0.1, 0.15) is 5.52 Å². The Balaban J connectivity index is 1.41. The standard InChI is InChI=1S/C33H21N3O/c1-2-10-22(11-3-1)23-12-8-13-24(20-23)31-32(35-28-17-5-4-16-27(28)34-31)25-14-9-15-26(21-25)33-36-29-18-6-7-19-30(29)37-33/h1-21H. The van der Waals surface area contributed by atoms with Crippen LogP contribution in [0.3, 0.4) is 0 Å². The van der Waals surface area contributed by atoms with Crippen molar-refractivity contribution in [2.24, 2.45) is 0 Å². The van der Waals surface area contributed by atoms with E-state index < -0.39 is 0 Å². The number of rotatable bonds is 4. The average molecular weight is 476 g/mol. The lowest BCUT2D eigenvalue weighted by atomic mass is 9.98. The van der Waals surface area contributed by atoms with Crippen LogP contribution in [0.2, 0.25) is 0 Å². The number of benzene rings is 5. The summed E-state index contributed by atoms with van der Waals surface area (Å²) in [7, 11) is 0. The largest absolute Gasteiger partial charge is 0.436 e. The summed E-state index contributed by atoms with van der Waals surface area (Å²) in [4.78, 5) is 14.9. The molecule has 2 heterocycles. The van der Waals surface area contributed by atoms with E-state index in [9.17, 15) is 0 Å². The molecule has 0 aliphatic carbocycles. The number of hydrogen-bond donors (Lipinski definition) is 0. The van der Waals surface area contributed by atoms with Crippen LogP contribution in [0.15, 0.2) is 132 Å². The van der Waals surface area contributed by atoms with Crippen LogP contribution in [0, 0.1) is 0 Å². The second-order valence-electron chi connectivity index (χ2n) is 8.92.